The Labute approximate surface area is 123 Å². The van der Waals surface area contributed by atoms with Crippen LogP contribution in [0.2, 0.25) is 0 Å². The number of aromatic nitrogens is 3. The first-order valence-electron chi connectivity index (χ1n) is 5.79. The second-order valence-electron chi connectivity index (χ2n) is 4.91. The molecule has 2 heterocycles. The maximum atomic E-state index is 11.5. The Balaban J connectivity index is 2.06. The molecule has 0 aromatic carbocycles. The van der Waals surface area contributed by atoms with Crippen molar-refractivity contribution in [3.63, 3.8) is 0 Å². The Morgan fingerprint density at radius 1 is 1.40 bits per heavy atom. The van der Waals surface area contributed by atoms with Gasteiger partial charge in [0.05, 0.1) is 0 Å². The van der Waals surface area contributed by atoms with Crippen LogP contribution < -0.4 is 5.32 Å². The van der Waals surface area contributed by atoms with Gasteiger partial charge in [0, 0.05) is 10.7 Å². The Bertz CT molecular complexity index is 604. The lowest BCUT2D eigenvalue weighted by molar-refractivity contribution is 0.0631. The number of rotatable bonds is 2. The van der Waals surface area contributed by atoms with Gasteiger partial charge in [0.1, 0.15) is 11.3 Å². The number of carbonyl (C=O) groups is 1. The SMILES string of the molecule is CC(C)(C)OC(=O)Nc1nc(-c2ccc(Br)cn2)no1. The molecule has 0 aliphatic rings. The number of carbonyl (C=O) groups excluding carboxylic acids is 1. The molecule has 7 nitrogen and oxygen atoms in total. The van der Waals surface area contributed by atoms with Crippen LogP contribution in [-0.2, 0) is 4.74 Å². The van der Waals surface area contributed by atoms with Gasteiger partial charge in [-0.25, -0.2) is 10.1 Å². The molecule has 0 unspecified atom stereocenters. The molecule has 0 atom stereocenters. The van der Waals surface area contributed by atoms with Gasteiger partial charge in [-0.05, 0) is 48.8 Å². The fourth-order valence-corrected chi connectivity index (χ4v) is 1.51. The van der Waals surface area contributed by atoms with Crippen LogP contribution in [0.25, 0.3) is 11.5 Å². The van der Waals surface area contributed by atoms with E-state index < -0.39 is 11.7 Å². The van der Waals surface area contributed by atoms with Crippen molar-refractivity contribution in [1.29, 1.82) is 0 Å². The van der Waals surface area contributed by atoms with Crippen LogP contribution in [0.15, 0.2) is 27.3 Å². The Hall–Kier alpha value is -1.96. The summed E-state index contributed by atoms with van der Waals surface area (Å²) >= 11 is 3.28. The van der Waals surface area contributed by atoms with E-state index in [-0.39, 0.29) is 11.8 Å². The molecule has 1 N–H and O–H groups in total. The van der Waals surface area contributed by atoms with Crippen LogP contribution in [-0.4, -0.2) is 26.8 Å². The highest BCUT2D eigenvalue weighted by Gasteiger charge is 2.18. The van der Waals surface area contributed by atoms with Gasteiger partial charge in [-0.2, -0.15) is 4.98 Å². The van der Waals surface area contributed by atoms with Gasteiger partial charge >= 0.3 is 12.1 Å². The van der Waals surface area contributed by atoms with E-state index in [1.807, 2.05) is 0 Å². The molecule has 8 heteroatoms. The molecule has 2 aromatic rings. The minimum atomic E-state index is -0.656. The number of nitrogens with one attached hydrogen (secondary N) is 1. The number of amides is 1. The van der Waals surface area contributed by atoms with Crippen LogP contribution in [0, 0.1) is 0 Å². The van der Waals surface area contributed by atoms with Crippen LogP contribution in [0.1, 0.15) is 20.8 Å². The summed E-state index contributed by atoms with van der Waals surface area (Å²) in [7, 11) is 0. The van der Waals surface area contributed by atoms with E-state index in [0.717, 1.165) is 4.47 Å². The van der Waals surface area contributed by atoms with Gasteiger partial charge in [-0.3, -0.25) is 4.98 Å². The molecular formula is C12H13BrN4O3. The van der Waals surface area contributed by atoms with Gasteiger partial charge in [0.2, 0.25) is 5.82 Å². The van der Waals surface area contributed by atoms with Gasteiger partial charge < -0.3 is 9.26 Å². The lowest BCUT2D eigenvalue weighted by Gasteiger charge is -2.18. The first-order valence-corrected chi connectivity index (χ1v) is 6.58. The van der Waals surface area contributed by atoms with Crippen molar-refractivity contribution in [3.05, 3.63) is 22.8 Å². The zero-order valence-electron chi connectivity index (χ0n) is 11.2. The number of hydrogen-bond acceptors (Lipinski definition) is 6. The van der Waals surface area contributed by atoms with Crippen molar-refractivity contribution in [1.82, 2.24) is 15.1 Å². The van der Waals surface area contributed by atoms with Crippen molar-refractivity contribution in [2.75, 3.05) is 5.32 Å². The maximum absolute atomic E-state index is 11.5. The highest BCUT2D eigenvalue weighted by molar-refractivity contribution is 9.10. The molecule has 0 saturated heterocycles. The van der Waals surface area contributed by atoms with E-state index in [0.29, 0.717) is 5.69 Å². The molecule has 0 radical (unpaired) electrons. The summed E-state index contributed by atoms with van der Waals surface area (Å²) in [6.45, 7) is 5.28. The third-order valence-corrected chi connectivity index (χ3v) is 2.46. The van der Waals surface area contributed by atoms with E-state index in [4.69, 9.17) is 9.26 Å². The summed E-state index contributed by atoms with van der Waals surface area (Å²) in [4.78, 5) is 19.7. The number of ether oxygens (including phenoxy) is 1. The molecular weight excluding hydrogens is 328 g/mol. The Kier molecular flexibility index (Phi) is 4.03. The standard InChI is InChI=1S/C12H13BrN4O3/c1-12(2,3)19-11(18)16-10-15-9(17-20-10)8-5-4-7(13)6-14-8/h4-6H,1-3H3,(H,15,16,17,18). The molecule has 0 spiro atoms. The second-order valence-corrected chi connectivity index (χ2v) is 5.83. The van der Waals surface area contributed by atoms with Crippen molar-refractivity contribution in [2.45, 2.75) is 26.4 Å². The van der Waals surface area contributed by atoms with Gasteiger partial charge in [0.15, 0.2) is 0 Å². The largest absolute Gasteiger partial charge is 0.443 e. The van der Waals surface area contributed by atoms with E-state index in [9.17, 15) is 4.79 Å². The van der Waals surface area contributed by atoms with E-state index >= 15 is 0 Å². The molecule has 1 amide bonds. The molecule has 0 aliphatic heterocycles. The second kappa shape index (κ2) is 5.58. The normalized spacial score (nSPS) is 11.2. The van der Waals surface area contributed by atoms with Crippen molar-refractivity contribution >= 4 is 28.0 Å². The highest BCUT2D eigenvalue weighted by Crippen LogP contribution is 2.18. The van der Waals surface area contributed by atoms with Crippen molar-refractivity contribution in [2.24, 2.45) is 0 Å². The molecule has 0 aliphatic carbocycles. The van der Waals surface area contributed by atoms with E-state index in [1.165, 1.54) is 0 Å². The molecule has 20 heavy (non-hydrogen) atoms. The lowest BCUT2D eigenvalue weighted by atomic mass is 10.2. The summed E-state index contributed by atoms with van der Waals surface area (Å²) in [6.07, 6.45) is 0.962. The van der Waals surface area contributed by atoms with Gasteiger partial charge in [-0.15, -0.1) is 0 Å². The average Bonchev–Trinajstić information content (AvgIpc) is 2.75. The first kappa shape index (κ1) is 14.4. The van der Waals surface area contributed by atoms with Crippen LogP contribution in [0.5, 0.6) is 0 Å². The first-order chi connectivity index (χ1) is 9.33. The fourth-order valence-electron chi connectivity index (χ4n) is 1.28. The van der Waals surface area contributed by atoms with Crippen molar-refractivity contribution in [3.8, 4) is 11.5 Å². The average molecular weight is 341 g/mol. The predicted molar refractivity (Wildman–Crippen MR) is 75.1 cm³/mol. The summed E-state index contributed by atoms with van der Waals surface area (Å²) in [5.41, 5.74) is -0.0607. The Morgan fingerprint density at radius 3 is 2.75 bits per heavy atom. The van der Waals surface area contributed by atoms with Crippen LogP contribution in [0.4, 0.5) is 10.8 Å². The number of nitrogens with zero attached hydrogens (tertiary/aromatic N) is 3. The minimum absolute atomic E-state index is 0.0426. The highest BCUT2D eigenvalue weighted by atomic mass is 79.9. The number of halogens is 1. The monoisotopic (exact) mass is 340 g/mol. The Morgan fingerprint density at radius 2 is 2.15 bits per heavy atom. The summed E-state index contributed by atoms with van der Waals surface area (Å²) in [6, 6.07) is 3.49. The molecule has 2 aromatic heterocycles. The minimum Gasteiger partial charge on any atom is -0.443 e. The number of pyridine rings is 1. The maximum Gasteiger partial charge on any atom is 0.415 e. The zero-order chi connectivity index (χ0) is 14.8. The van der Waals surface area contributed by atoms with E-state index in [2.05, 4.69) is 36.4 Å². The number of hydrogen-bond donors (Lipinski definition) is 1. The van der Waals surface area contributed by atoms with Gasteiger partial charge in [-0.1, -0.05) is 5.16 Å². The topological polar surface area (TPSA) is 90.1 Å². The lowest BCUT2D eigenvalue weighted by Crippen LogP contribution is -2.27. The van der Waals surface area contributed by atoms with E-state index in [1.54, 1.807) is 39.1 Å². The van der Waals surface area contributed by atoms with Gasteiger partial charge in [0.25, 0.3) is 0 Å². The smallest absolute Gasteiger partial charge is 0.415 e. The third kappa shape index (κ3) is 4.02. The number of anilines is 1. The van der Waals surface area contributed by atoms with Crippen molar-refractivity contribution < 1.29 is 14.1 Å². The quantitative estimate of drug-likeness (QED) is 0.902. The van der Waals surface area contributed by atoms with Crippen LogP contribution in [0.3, 0.4) is 0 Å². The molecule has 0 bridgehead atoms. The summed E-state index contributed by atoms with van der Waals surface area (Å²) in [5, 5.41) is 6.09. The fraction of sp³-hybridized carbons (Fsp3) is 0.333. The molecule has 0 fully saturated rings. The summed E-state index contributed by atoms with van der Waals surface area (Å²) < 4.78 is 10.8. The third-order valence-electron chi connectivity index (χ3n) is 1.99. The molecule has 0 saturated carbocycles. The summed E-state index contributed by atoms with van der Waals surface area (Å²) in [5.74, 6) is 0.281. The predicted octanol–water partition coefficient (Wildman–Crippen LogP) is 3.24. The zero-order valence-corrected chi connectivity index (χ0v) is 12.8. The molecule has 2 rings (SSSR count). The van der Waals surface area contributed by atoms with Crippen LogP contribution >= 0.6 is 15.9 Å². The molecule has 106 valence electrons.